The number of nitro benzene ring substituents is 1. The van der Waals surface area contributed by atoms with E-state index in [0.29, 0.717) is 19.5 Å². The Bertz CT molecular complexity index is 798. The van der Waals surface area contributed by atoms with Gasteiger partial charge in [-0.25, -0.2) is 8.42 Å². The first-order chi connectivity index (χ1) is 12.8. The summed E-state index contributed by atoms with van der Waals surface area (Å²) in [6, 6.07) is 3.73. The lowest BCUT2D eigenvalue weighted by molar-refractivity contribution is -0.384. The molecule has 27 heavy (non-hydrogen) atoms. The number of sulfonamides is 1. The standard InChI is InChI=1S/C18H27N3O5S/c1-13-5-4-10-20(12-13)27(25,26)14-8-9-15(17(11-14)21(23)24)19-16-6-2-3-7-18(16)22/h8-9,11,13,16,18-19,22H,2-7,10,12H2,1H3. The molecule has 3 atom stereocenters. The van der Waals surface area contributed by atoms with Crippen LogP contribution in [0, 0.1) is 16.0 Å². The van der Waals surface area contributed by atoms with Gasteiger partial charge in [0.1, 0.15) is 5.69 Å². The third kappa shape index (κ3) is 4.41. The molecule has 0 radical (unpaired) electrons. The van der Waals surface area contributed by atoms with Crippen LogP contribution in [0.5, 0.6) is 0 Å². The molecule has 1 aromatic carbocycles. The van der Waals surface area contributed by atoms with Crippen LogP contribution in [0.1, 0.15) is 45.4 Å². The number of aliphatic hydroxyl groups is 1. The lowest BCUT2D eigenvalue weighted by Gasteiger charge is -2.30. The average Bonchev–Trinajstić information content (AvgIpc) is 2.63. The van der Waals surface area contributed by atoms with Crippen LogP contribution in [0.2, 0.25) is 0 Å². The van der Waals surface area contributed by atoms with Crippen LogP contribution < -0.4 is 5.32 Å². The molecule has 1 aromatic rings. The molecule has 0 bridgehead atoms. The molecule has 2 N–H and O–H groups in total. The average molecular weight is 397 g/mol. The van der Waals surface area contributed by atoms with E-state index in [4.69, 9.17) is 0 Å². The maximum atomic E-state index is 12.9. The second-order valence-corrected chi connectivity index (χ2v) is 9.59. The van der Waals surface area contributed by atoms with E-state index in [1.54, 1.807) is 0 Å². The van der Waals surface area contributed by atoms with Crippen LogP contribution in [0.25, 0.3) is 0 Å². The predicted octanol–water partition coefficient (Wildman–Crippen LogP) is 2.73. The molecule has 0 spiro atoms. The minimum absolute atomic E-state index is 0.0574. The Balaban J connectivity index is 1.88. The Hall–Kier alpha value is -1.71. The Morgan fingerprint density at radius 2 is 1.96 bits per heavy atom. The molecule has 1 heterocycles. The molecular weight excluding hydrogens is 370 g/mol. The smallest absolute Gasteiger partial charge is 0.293 e. The zero-order valence-electron chi connectivity index (χ0n) is 15.5. The van der Waals surface area contributed by atoms with Gasteiger partial charge in [-0.1, -0.05) is 19.8 Å². The molecule has 150 valence electrons. The summed E-state index contributed by atoms with van der Waals surface area (Å²) < 4.78 is 27.2. The molecule has 1 aliphatic carbocycles. The lowest BCUT2D eigenvalue weighted by Crippen LogP contribution is -2.39. The zero-order chi connectivity index (χ0) is 19.6. The fraction of sp³-hybridized carbons (Fsp3) is 0.667. The zero-order valence-corrected chi connectivity index (χ0v) is 16.3. The maximum absolute atomic E-state index is 12.9. The first kappa shape index (κ1) is 20.0. The molecule has 3 unspecified atom stereocenters. The van der Waals surface area contributed by atoms with Gasteiger partial charge in [0.05, 0.1) is 22.0 Å². The topological polar surface area (TPSA) is 113 Å². The maximum Gasteiger partial charge on any atom is 0.293 e. The Morgan fingerprint density at radius 3 is 2.63 bits per heavy atom. The Kier molecular flexibility index (Phi) is 6.02. The van der Waals surface area contributed by atoms with Crippen LogP contribution in [0.15, 0.2) is 23.1 Å². The number of anilines is 1. The summed E-state index contributed by atoms with van der Waals surface area (Å²) in [5.41, 5.74) is -0.0316. The summed E-state index contributed by atoms with van der Waals surface area (Å²) in [7, 11) is -3.76. The number of hydrogen-bond donors (Lipinski definition) is 2. The van der Waals surface area contributed by atoms with Crippen molar-refractivity contribution in [3.05, 3.63) is 28.3 Å². The van der Waals surface area contributed by atoms with Crippen molar-refractivity contribution in [2.75, 3.05) is 18.4 Å². The van der Waals surface area contributed by atoms with Crippen molar-refractivity contribution in [1.82, 2.24) is 4.31 Å². The fourth-order valence-electron chi connectivity index (χ4n) is 3.94. The highest BCUT2D eigenvalue weighted by atomic mass is 32.2. The summed E-state index contributed by atoms with van der Waals surface area (Å²) in [4.78, 5) is 10.9. The van der Waals surface area contributed by atoms with E-state index in [2.05, 4.69) is 5.32 Å². The van der Waals surface area contributed by atoms with Gasteiger partial charge in [0.2, 0.25) is 10.0 Å². The van der Waals surface area contributed by atoms with Crippen molar-refractivity contribution in [2.24, 2.45) is 5.92 Å². The first-order valence-electron chi connectivity index (χ1n) is 9.52. The van der Waals surface area contributed by atoms with E-state index in [-0.39, 0.29) is 28.2 Å². The highest BCUT2D eigenvalue weighted by molar-refractivity contribution is 7.89. The fourth-order valence-corrected chi connectivity index (χ4v) is 5.56. The van der Waals surface area contributed by atoms with Crippen LogP contribution in [-0.2, 0) is 10.0 Å². The quantitative estimate of drug-likeness (QED) is 0.583. The van der Waals surface area contributed by atoms with E-state index in [9.17, 15) is 23.6 Å². The Morgan fingerprint density at radius 1 is 1.22 bits per heavy atom. The largest absolute Gasteiger partial charge is 0.391 e. The normalized spacial score (nSPS) is 27.3. The number of benzene rings is 1. The molecule has 2 fully saturated rings. The van der Waals surface area contributed by atoms with Crippen molar-refractivity contribution in [3.63, 3.8) is 0 Å². The van der Waals surface area contributed by atoms with Crippen LogP contribution >= 0.6 is 0 Å². The number of rotatable bonds is 5. The second kappa shape index (κ2) is 8.12. The van der Waals surface area contributed by atoms with Gasteiger partial charge >= 0.3 is 0 Å². The van der Waals surface area contributed by atoms with Crippen molar-refractivity contribution in [2.45, 2.75) is 62.5 Å². The highest BCUT2D eigenvalue weighted by Crippen LogP contribution is 2.32. The number of hydrogen-bond acceptors (Lipinski definition) is 6. The van der Waals surface area contributed by atoms with Crippen LogP contribution in [0.3, 0.4) is 0 Å². The van der Waals surface area contributed by atoms with Crippen LogP contribution in [-0.4, -0.2) is 48.0 Å². The van der Waals surface area contributed by atoms with Gasteiger partial charge in [0.25, 0.3) is 5.69 Å². The molecule has 1 aliphatic heterocycles. The molecule has 8 nitrogen and oxygen atoms in total. The molecule has 3 rings (SSSR count). The van der Waals surface area contributed by atoms with Gasteiger partial charge in [-0.2, -0.15) is 4.31 Å². The van der Waals surface area contributed by atoms with Crippen LogP contribution in [0.4, 0.5) is 11.4 Å². The summed E-state index contributed by atoms with van der Waals surface area (Å²) in [6.45, 7) is 2.88. The van der Waals surface area contributed by atoms with Gasteiger partial charge in [0.15, 0.2) is 0 Å². The molecule has 0 amide bonds. The first-order valence-corrected chi connectivity index (χ1v) is 11.0. The third-order valence-corrected chi connectivity index (χ3v) is 7.35. The van der Waals surface area contributed by atoms with Crippen molar-refractivity contribution in [3.8, 4) is 0 Å². The second-order valence-electron chi connectivity index (χ2n) is 7.65. The Labute approximate surface area is 159 Å². The van der Waals surface area contributed by atoms with E-state index < -0.39 is 21.1 Å². The summed E-state index contributed by atoms with van der Waals surface area (Å²) in [6.07, 6.45) is 4.49. The number of nitrogens with one attached hydrogen (secondary N) is 1. The van der Waals surface area contributed by atoms with Gasteiger partial charge in [0, 0.05) is 19.2 Å². The number of nitro groups is 1. The number of nitrogens with zero attached hydrogens (tertiary/aromatic N) is 2. The molecule has 1 saturated carbocycles. The summed E-state index contributed by atoms with van der Waals surface area (Å²) >= 11 is 0. The van der Waals surface area contributed by atoms with Gasteiger partial charge < -0.3 is 10.4 Å². The number of aliphatic hydroxyl groups excluding tert-OH is 1. The predicted molar refractivity (Wildman–Crippen MR) is 102 cm³/mol. The van der Waals surface area contributed by atoms with Crippen molar-refractivity contribution in [1.29, 1.82) is 0 Å². The minimum Gasteiger partial charge on any atom is -0.391 e. The summed E-state index contributed by atoms with van der Waals surface area (Å²) in [5, 5.41) is 24.7. The molecule has 9 heteroatoms. The molecular formula is C18H27N3O5S. The SMILES string of the molecule is CC1CCCN(S(=O)(=O)c2ccc(NC3CCCCC3O)c([N+](=O)[O-])c2)C1. The summed E-state index contributed by atoms with van der Waals surface area (Å²) in [5.74, 6) is 0.275. The van der Waals surface area contributed by atoms with E-state index in [1.807, 2.05) is 6.92 Å². The number of piperidine rings is 1. The van der Waals surface area contributed by atoms with Gasteiger partial charge in [-0.15, -0.1) is 0 Å². The third-order valence-electron chi connectivity index (χ3n) is 5.49. The van der Waals surface area contributed by atoms with E-state index in [0.717, 1.165) is 38.2 Å². The molecule has 1 saturated heterocycles. The minimum atomic E-state index is -3.76. The van der Waals surface area contributed by atoms with E-state index >= 15 is 0 Å². The monoisotopic (exact) mass is 397 g/mol. The van der Waals surface area contributed by atoms with Crippen molar-refractivity contribution < 1.29 is 18.4 Å². The van der Waals surface area contributed by atoms with E-state index in [1.165, 1.54) is 16.4 Å². The lowest BCUT2D eigenvalue weighted by atomic mass is 9.92. The molecule has 2 aliphatic rings. The van der Waals surface area contributed by atoms with Gasteiger partial charge in [-0.05, 0) is 43.7 Å². The van der Waals surface area contributed by atoms with Gasteiger partial charge in [-0.3, -0.25) is 10.1 Å². The highest BCUT2D eigenvalue weighted by Gasteiger charge is 2.31. The van der Waals surface area contributed by atoms with Crippen molar-refractivity contribution >= 4 is 21.4 Å². The molecule has 0 aromatic heterocycles.